The van der Waals surface area contributed by atoms with Crippen LogP contribution in [0, 0.1) is 0 Å². The minimum Gasteiger partial charge on any atom is -0.456 e. The van der Waals surface area contributed by atoms with Crippen LogP contribution < -0.4 is 4.90 Å². The zero-order chi connectivity index (χ0) is 40.7. The lowest BCUT2D eigenvalue weighted by Gasteiger charge is -2.27. The van der Waals surface area contributed by atoms with Crippen LogP contribution in [0.25, 0.3) is 104 Å². The van der Waals surface area contributed by atoms with Crippen molar-refractivity contribution in [3.8, 4) is 27.9 Å². The molecule has 0 saturated carbocycles. The Balaban J connectivity index is 1.01. The quantitative estimate of drug-likeness (QED) is 0.168. The van der Waals surface area contributed by atoms with E-state index in [0.29, 0.717) is 0 Å². The van der Waals surface area contributed by atoms with Crippen molar-refractivity contribution in [3.63, 3.8) is 0 Å². The first kappa shape index (κ1) is 34.5. The third kappa shape index (κ3) is 5.27. The summed E-state index contributed by atoms with van der Waals surface area (Å²) in [5.74, 6) is 0. The summed E-state index contributed by atoms with van der Waals surface area (Å²) in [5.41, 5.74) is 14.7. The van der Waals surface area contributed by atoms with E-state index in [2.05, 4.69) is 216 Å². The van der Waals surface area contributed by atoms with E-state index in [9.17, 15) is 0 Å². The SMILES string of the molecule is c1ccc(-n2c3ccccc3c3c(-c4cccc(N(c5ccc(-c6ccc7c(c6)oc6ccccc67)cc5)c5cccc6oc7c8ccccc8ccc7c56)c4)cccc32)cc1. The molecule has 13 aromatic rings. The van der Waals surface area contributed by atoms with Crippen LogP contribution >= 0.6 is 0 Å². The molecule has 0 N–H and O–H groups in total. The van der Waals surface area contributed by atoms with E-state index in [1.165, 1.54) is 27.4 Å². The van der Waals surface area contributed by atoms with Gasteiger partial charge in [0.2, 0.25) is 0 Å². The van der Waals surface area contributed by atoms with Gasteiger partial charge in [-0.3, -0.25) is 0 Å². The third-order valence-electron chi connectivity index (χ3n) is 12.6. The Bertz CT molecular complexity index is 3870. The number of nitrogens with zero attached hydrogens (tertiary/aromatic N) is 2. The van der Waals surface area contributed by atoms with Crippen LogP contribution in [0.2, 0.25) is 0 Å². The van der Waals surface area contributed by atoms with Crippen LogP contribution in [0.5, 0.6) is 0 Å². The van der Waals surface area contributed by atoms with Crippen molar-refractivity contribution < 1.29 is 8.83 Å². The summed E-state index contributed by atoms with van der Waals surface area (Å²) in [6.45, 7) is 0. The molecular formula is C58H36N2O2. The van der Waals surface area contributed by atoms with Crippen molar-refractivity contribution in [3.05, 3.63) is 218 Å². The predicted octanol–water partition coefficient (Wildman–Crippen LogP) is 16.5. The summed E-state index contributed by atoms with van der Waals surface area (Å²) in [6, 6.07) is 78.0. The lowest BCUT2D eigenvalue weighted by atomic mass is 9.98. The highest BCUT2D eigenvalue weighted by Crippen LogP contribution is 2.46. The van der Waals surface area contributed by atoms with Gasteiger partial charge >= 0.3 is 0 Å². The molecule has 4 nitrogen and oxygen atoms in total. The molecule has 0 aliphatic carbocycles. The van der Waals surface area contributed by atoms with E-state index in [-0.39, 0.29) is 0 Å². The summed E-state index contributed by atoms with van der Waals surface area (Å²) >= 11 is 0. The van der Waals surface area contributed by atoms with E-state index in [0.717, 1.165) is 94.1 Å². The van der Waals surface area contributed by atoms with Gasteiger partial charge in [-0.05, 0) is 113 Å². The number of fused-ring (bicyclic) bond motifs is 11. The lowest BCUT2D eigenvalue weighted by Crippen LogP contribution is -2.10. The van der Waals surface area contributed by atoms with Crippen LogP contribution in [-0.4, -0.2) is 4.57 Å². The summed E-state index contributed by atoms with van der Waals surface area (Å²) in [7, 11) is 0. The average Bonchev–Trinajstić information content (AvgIpc) is 4.02. The zero-order valence-electron chi connectivity index (χ0n) is 33.5. The molecule has 4 heteroatoms. The average molecular weight is 793 g/mol. The molecule has 62 heavy (non-hydrogen) atoms. The van der Waals surface area contributed by atoms with E-state index >= 15 is 0 Å². The summed E-state index contributed by atoms with van der Waals surface area (Å²) in [5, 5.41) is 9.14. The van der Waals surface area contributed by atoms with Crippen molar-refractivity contribution >= 4 is 93.5 Å². The Morgan fingerprint density at radius 1 is 0.355 bits per heavy atom. The number of hydrogen-bond donors (Lipinski definition) is 0. The van der Waals surface area contributed by atoms with Gasteiger partial charge in [0.15, 0.2) is 0 Å². The van der Waals surface area contributed by atoms with Crippen LogP contribution in [0.3, 0.4) is 0 Å². The molecule has 0 spiro atoms. The molecule has 13 rings (SSSR count). The predicted molar refractivity (Wildman–Crippen MR) is 258 cm³/mol. The highest BCUT2D eigenvalue weighted by Gasteiger charge is 2.22. The van der Waals surface area contributed by atoms with Crippen molar-refractivity contribution in [1.82, 2.24) is 4.57 Å². The first-order valence-corrected chi connectivity index (χ1v) is 21.1. The van der Waals surface area contributed by atoms with Gasteiger partial charge in [-0.15, -0.1) is 0 Å². The minimum absolute atomic E-state index is 0.851. The topological polar surface area (TPSA) is 34.5 Å². The molecule has 0 amide bonds. The number of anilines is 3. The van der Waals surface area contributed by atoms with Gasteiger partial charge in [-0.1, -0.05) is 133 Å². The van der Waals surface area contributed by atoms with Gasteiger partial charge in [0.05, 0.1) is 22.1 Å². The second-order valence-electron chi connectivity index (χ2n) is 16.0. The van der Waals surface area contributed by atoms with Gasteiger partial charge < -0.3 is 18.3 Å². The summed E-state index contributed by atoms with van der Waals surface area (Å²) in [6.07, 6.45) is 0. The number of rotatable bonds is 6. The summed E-state index contributed by atoms with van der Waals surface area (Å²) < 4.78 is 15.4. The maximum atomic E-state index is 6.75. The fourth-order valence-corrected chi connectivity index (χ4v) is 9.78. The molecule has 3 heterocycles. The van der Waals surface area contributed by atoms with Crippen molar-refractivity contribution in [2.24, 2.45) is 0 Å². The first-order valence-electron chi connectivity index (χ1n) is 21.1. The Kier molecular flexibility index (Phi) is 7.57. The van der Waals surface area contributed by atoms with Gasteiger partial charge in [0.1, 0.15) is 22.3 Å². The molecule has 0 saturated heterocycles. The zero-order valence-corrected chi connectivity index (χ0v) is 33.5. The Morgan fingerprint density at radius 2 is 1.05 bits per heavy atom. The molecule has 0 aliphatic rings. The Hall–Kier alpha value is -8.34. The minimum atomic E-state index is 0.851. The molecule has 0 bridgehead atoms. The smallest absolute Gasteiger partial charge is 0.143 e. The van der Waals surface area contributed by atoms with Crippen molar-refractivity contribution in [2.45, 2.75) is 0 Å². The van der Waals surface area contributed by atoms with E-state index in [1.54, 1.807) is 0 Å². The molecule has 0 fully saturated rings. The second kappa shape index (κ2) is 13.6. The number of hydrogen-bond acceptors (Lipinski definition) is 3. The van der Waals surface area contributed by atoms with Crippen molar-refractivity contribution in [2.75, 3.05) is 4.90 Å². The standard InChI is InChI=1S/C58H36N2O2/c1-2-15-41(16-3-1)60-50-22-8-6-20-48(50)56-44(21-11-23-51(56)60)40-14-10-17-43(35-40)59(52-24-12-26-54-57(52)49-34-29-38-13-4-5-18-45(38)58(49)62-54)42-31-27-37(28-32-42)39-30-33-47-46-19-7-9-25-53(46)61-55(47)36-39/h1-36H. The van der Waals surface area contributed by atoms with Crippen LogP contribution in [-0.2, 0) is 0 Å². The number of para-hydroxylation sites is 3. The van der Waals surface area contributed by atoms with Crippen LogP contribution in [0.1, 0.15) is 0 Å². The third-order valence-corrected chi connectivity index (χ3v) is 12.6. The summed E-state index contributed by atoms with van der Waals surface area (Å²) in [4.78, 5) is 2.38. The largest absolute Gasteiger partial charge is 0.456 e. The van der Waals surface area contributed by atoms with Gasteiger partial charge in [-0.25, -0.2) is 0 Å². The number of benzene rings is 10. The van der Waals surface area contributed by atoms with Gasteiger partial charge in [0, 0.05) is 49.4 Å². The highest BCUT2D eigenvalue weighted by molar-refractivity contribution is 6.20. The molecule has 290 valence electrons. The lowest BCUT2D eigenvalue weighted by molar-refractivity contribution is 0.669. The maximum absolute atomic E-state index is 6.75. The molecule has 3 aromatic heterocycles. The van der Waals surface area contributed by atoms with Crippen LogP contribution in [0.4, 0.5) is 17.1 Å². The Morgan fingerprint density at radius 3 is 1.95 bits per heavy atom. The second-order valence-corrected chi connectivity index (χ2v) is 16.0. The van der Waals surface area contributed by atoms with Gasteiger partial charge in [-0.2, -0.15) is 0 Å². The van der Waals surface area contributed by atoms with E-state index < -0.39 is 0 Å². The van der Waals surface area contributed by atoms with Gasteiger partial charge in [0.25, 0.3) is 0 Å². The normalized spacial score (nSPS) is 11.9. The molecular weight excluding hydrogens is 757 g/mol. The highest BCUT2D eigenvalue weighted by atomic mass is 16.3. The first-order chi connectivity index (χ1) is 30.7. The molecule has 0 atom stereocenters. The monoisotopic (exact) mass is 792 g/mol. The van der Waals surface area contributed by atoms with E-state index in [4.69, 9.17) is 8.83 Å². The maximum Gasteiger partial charge on any atom is 0.143 e. The number of aromatic nitrogens is 1. The number of furan rings is 2. The fraction of sp³-hybridized carbons (Fsp3) is 0. The molecule has 10 aromatic carbocycles. The molecule has 0 unspecified atom stereocenters. The van der Waals surface area contributed by atoms with Crippen LogP contribution in [0.15, 0.2) is 227 Å². The Labute approximate surface area is 356 Å². The fourth-order valence-electron chi connectivity index (χ4n) is 9.78. The van der Waals surface area contributed by atoms with Crippen molar-refractivity contribution in [1.29, 1.82) is 0 Å². The van der Waals surface area contributed by atoms with E-state index in [1.807, 2.05) is 12.1 Å². The molecule has 0 aliphatic heterocycles. The molecule has 0 radical (unpaired) electrons.